The number of carbonyl (C=O) groups is 2. The number of hydrogen-bond donors (Lipinski definition) is 1. The molecule has 110 valence electrons. The van der Waals surface area contributed by atoms with Gasteiger partial charge >= 0.3 is 12.0 Å². The molecule has 0 bridgehead atoms. The molecule has 1 fully saturated rings. The zero-order valence-electron chi connectivity index (χ0n) is 12.1. The molecule has 0 saturated carbocycles. The van der Waals surface area contributed by atoms with Crippen molar-refractivity contribution in [3.05, 3.63) is 0 Å². The van der Waals surface area contributed by atoms with E-state index in [0.717, 1.165) is 6.42 Å². The van der Waals surface area contributed by atoms with E-state index >= 15 is 0 Å². The van der Waals surface area contributed by atoms with E-state index in [1.165, 1.54) is 4.90 Å². The lowest BCUT2D eigenvalue weighted by molar-refractivity contribution is -0.138. The normalized spacial score (nSPS) is 24.9. The number of carboxylic acid groups (broad SMARTS) is 1. The van der Waals surface area contributed by atoms with Gasteiger partial charge in [-0.25, -0.2) is 4.79 Å². The molecule has 1 aliphatic heterocycles. The third-order valence-corrected chi connectivity index (χ3v) is 3.53. The number of carboxylic acids is 1. The first kappa shape index (κ1) is 15.8. The van der Waals surface area contributed by atoms with Gasteiger partial charge in [-0.3, -0.25) is 4.79 Å². The Labute approximate surface area is 114 Å². The van der Waals surface area contributed by atoms with E-state index in [1.54, 1.807) is 4.90 Å². The van der Waals surface area contributed by atoms with Gasteiger partial charge in [-0.1, -0.05) is 6.92 Å². The minimum Gasteiger partial charge on any atom is -0.480 e. The average Bonchev–Trinajstić information content (AvgIpc) is 2.37. The summed E-state index contributed by atoms with van der Waals surface area (Å²) >= 11 is 0. The van der Waals surface area contributed by atoms with Gasteiger partial charge in [0.1, 0.15) is 6.54 Å². The predicted molar refractivity (Wildman–Crippen MR) is 71.1 cm³/mol. The second-order valence-corrected chi connectivity index (χ2v) is 5.21. The second kappa shape index (κ2) is 6.75. The first-order valence-corrected chi connectivity index (χ1v) is 6.77. The molecule has 6 heteroatoms. The summed E-state index contributed by atoms with van der Waals surface area (Å²) in [4.78, 5) is 26.6. The summed E-state index contributed by atoms with van der Waals surface area (Å²) in [6.07, 6.45) is 0.719. The van der Waals surface area contributed by atoms with Crippen LogP contribution >= 0.6 is 0 Å². The van der Waals surface area contributed by atoms with E-state index in [1.807, 2.05) is 27.7 Å². The lowest BCUT2D eigenvalue weighted by Crippen LogP contribution is -2.57. The maximum Gasteiger partial charge on any atom is 0.323 e. The fourth-order valence-corrected chi connectivity index (χ4v) is 2.11. The van der Waals surface area contributed by atoms with E-state index in [9.17, 15) is 9.59 Å². The smallest absolute Gasteiger partial charge is 0.323 e. The number of aliphatic carboxylic acids is 1. The van der Waals surface area contributed by atoms with E-state index in [2.05, 4.69) is 0 Å². The highest BCUT2D eigenvalue weighted by Crippen LogP contribution is 2.16. The number of hydrogen-bond acceptors (Lipinski definition) is 3. The lowest BCUT2D eigenvalue weighted by atomic mass is 10.2. The van der Waals surface area contributed by atoms with Crippen LogP contribution in [-0.2, 0) is 9.53 Å². The zero-order chi connectivity index (χ0) is 14.6. The molecule has 1 saturated heterocycles. The molecule has 1 N–H and O–H groups in total. The molecule has 19 heavy (non-hydrogen) atoms. The third kappa shape index (κ3) is 4.09. The second-order valence-electron chi connectivity index (χ2n) is 5.21. The summed E-state index contributed by atoms with van der Waals surface area (Å²) in [5.41, 5.74) is 0. The minimum absolute atomic E-state index is 0.0104. The molecular formula is C13H24N2O4. The number of carbonyl (C=O) groups excluding carboxylic acids is 1. The van der Waals surface area contributed by atoms with Crippen molar-refractivity contribution in [2.75, 3.05) is 19.7 Å². The van der Waals surface area contributed by atoms with Gasteiger partial charge in [-0.15, -0.1) is 0 Å². The standard InChI is InChI=1S/C13H24N2O4/c1-5-9(2)15(7-12(16)17)13(18)14-6-11(4)19-8-10(14)3/h9-11H,5-8H2,1-4H3,(H,16,17). The van der Waals surface area contributed by atoms with E-state index in [4.69, 9.17) is 9.84 Å². The maximum absolute atomic E-state index is 12.5. The van der Waals surface area contributed by atoms with Crippen LogP contribution in [0.3, 0.4) is 0 Å². The molecule has 0 aromatic heterocycles. The van der Waals surface area contributed by atoms with Gasteiger partial charge in [0.05, 0.1) is 18.8 Å². The summed E-state index contributed by atoms with van der Waals surface area (Å²) in [5, 5.41) is 8.96. The van der Waals surface area contributed by atoms with Crippen LogP contribution in [0.2, 0.25) is 0 Å². The Kier molecular flexibility index (Phi) is 5.60. The van der Waals surface area contributed by atoms with Crippen LogP contribution in [0.1, 0.15) is 34.1 Å². The van der Waals surface area contributed by atoms with Crippen LogP contribution in [0.4, 0.5) is 4.79 Å². The van der Waals surface area contributed by atoms with Crippen LogP contribution < -0.4 is 0 Å². The van der Waals surface area contributed by atoms with Gasteiger partial charge < -0.3 is 19.6 Å². The molecule has 1 rings (SSSR count). The molecule has 3 atom stereocenters. The van der Waals surface area contributed by atoms with Crippen LogP contribution in [0, 0.1) is 0 Å². The molecule has 1 aliphatic rings. The SMILES string of the molecule is CCC(C)N(CC(=O)O)C(=O)N1CC(C)OCC1C. The van der Waals surface area contributed by atoms with Gasteiger partial charge in [0.25, 0.3) is 0 Å². The molecule has 0 radical (unpaired) electrons. The van der Waals surface area contributed by atoms with Crippen LogP contribution in [0.25, 0.3) is 0 Å². The molecule has 0 aromatic rings. The summed E-state index contributed by atoms with van der Waals surface area (Å²) in [7, 11) is 0. The lowest BCUT2D eigenvalue weighted by Gasteiger charge is -2.40. The molecule has 2 amide bonds. The number of morpholine rings is 1. The van der Waals surface area contributed by atoms with Crippen molar-refractivity contribution < 1.29 is 19.4 Å². The molecule has 6 nitrogen and oxygen atoms in total. The van der Waals surface area contributed by atoms with Crippen LogP contribution in [0.15, 0.2) is 0 Å². The fraction of sp³-hybridized carbons (Fsp3) is 0.846. The Hall–Kier alpha value is -1.30. The Morgan fingerprint density at radius 2 is 2.11 bits per heavy atom. The predicted octanol–water partition coefficient (Wildman–Crippen LogP) is 1.40. The fourth-order valence-electron chi connectivity index (χ4n) is 2.11. The Balaban J connectivity index is 2.82. The van der Waals surface area contributed by atoms with Crippen molar-refractivity contribution in [2.24, 2.45) is 0 Å². The minimum atomic E-state index is -0.984. The van der Waals surface area contributed by atoms with Gasteiger partial charge in [0.2, 0.25) is 0 Å². The number of amides is 2. The molecule has 0 aliphatic carbocycles. The maximum atomic E-state index is 12.5. The quantitative estimate of drug-likeness (QED) is 0.840. The van der Waals surface area contributed by atoms with Gasteiger partial charge in [0.15, 0.2) is 0 Å². The first-order chi connectivity index (χ1) is 8.86. The third-order valence-electron chi connectivity index (χ3n) is 3.53. The average molecular weight is 272 g/mol. The van der Waals surface area contributed by atoms with Crippen molar-refractivity contribution in [1.29, 1.82) is 0 Å². The zero-order valence-corrected chi connectivity index (χ0v) is 12.1. The number of ether oxygens (including phenoxy) is 1. The molecule has 3 unspecified atom stereocenters. The highest BCUT2D eigenvalue weighted by molar-refractivity contribution is 5.80. The first-order valence-electron chi connectivity index (χ1n) is 6.77. The van der Waals surface area contributed by atoms with Crippen molar-refractivity contribution >= 4 is 12.0 Å². The summed E-state index contributed by atoms with van der Waals surface area (Å²) in [5.74, 6) is -0.984. The number of nitrogens with zero attached hydrogens (tertiary/aromatic N) is 2. The largest absolute Gasteiger partial charge is 0.480 e. The highest BCUT2D eigenvalue weighted by Gasteiger charge is 2.33. The van der Waals surface area contributed by atoms with Crippen molar-refractivity contribution in [3.63, 3.8) is 0 Å². The van der Waals surface area contributed by atoms with Crippen molar-refractivity contribution in [1.82, 2.24) is 9.80 Å². The molecule has 1 heterocycles. The van der Waals surface area contributed by atoms with Crippen LogP contribution in [0.5, 0.6) is 0 Å². The van der Waals surface area contributed by atoms with Crippen molar-refractivity contribution in [3.8, 4) is 0 Å². The topological polar surface area (TPSA) is 70.1 Å². The van der Waals surface area contributed by atoms with Gasteiger partial charge in [-0.2, -0.15) is 0 Å². The Bertz CT molecular complexity index is 335. The Morgan fingerprint density at radius 1 is 1.47 bits per heavy atom. The van der Waals surface area contributed by atoms with E-state index in [0.29, 0.717) is 13.2 Å². The van der Waals surface area contributed by atoms with Gasteiger partial charge in [0, 0.05) is 12.6 Å². The number of rotatable bonds is 4. The molecular weight excluding hydrogens is 248 g/mol. The van der Waals surface area contributed by atoms with Crippen molar-refractivity contribution in [2.45, 2.75) is 52.3 Å². The van der Waals surface area contributed by atoms with Crippen LogP contribution in [-0.4, -0.2) is 64.8 Å². The number of urea groups is 1. The highest BCUT2D eigenvalue weighted by atomic mass is 16.5. The Morgan fingerprint density at radius 3 is 2.63 bits per heavy atom. The molecule has 0 aromatic carbocycles. The summed E-state index contributed by atoms with van der Waals surface area (Å²) in [6, 6.07) is -0.322. The van der Waals surface area contributed by atoms with Gasteiger partial charge in [-0.05, 0) is 27.2 Å². The summed E-state index contributed by atoms with van der Waals surface area (Å²) in [6.45, 7) is 8.39. The monoisotopic (exact) mass is 272 g/mol. The summed E-state index contributed by atoms with van der Waals surface area (Å²) < 4.78 is 5.49. The van der Waals surface area contributed by atoms with E-state index < -0.39 is 5.97 Å². The van der Waals surface area contributed by atoms with E-state index in [-0.39, 0.29) is 30.8 Å². The molecule has 0 spiro atoms.